The predicted molar refractivity (Wildman–Crippen MR) is 111 cm³/mol. The predicted octanol–water partition coefficient (Wildman–Crippen LogP) is 2.88. The Kier molecular flexibility index (Phi) is 7.06. The topological polar surface area (TPSA) is 66.6 Å². The van der Waals surface area contributed by atoms with Crippen LogP contribution in [-0.2, 0) is 9.59 Å². The second kappa shape index (κ2) is 9.71. The molecule has 1 heterocycles. The van der Waals surface area contributed by atoms with Crippen LogP contribution in [0, 0.1) is 0 Å². The molecule has 1 aliphatic heterocycles. The van der Waals surface area contributed by atoms with Gasteiger partial charge in [0.2, 0.25) is 11.8 Å². The average Bonchev–Trinajstić information content (AvgIpc) is 2.71. The molecule has 6 heteroatoms. The van der Waals surface area contributed by atoms with Crippen LogP contribution < -0.4 is 5.73 Å². The van der Waals surface area contributed by atoms with Crippen LogP contribution in [0.25, 0.3) is 0 Å². The Morgan fingerprint density at radius 1 is 0.964 bits per heavy atom. The van der Waals surface area contributed by atoms with Gasteiger partial charge in [-0.3, -0.25) is 14.5 Å². The summed E-state index contributed by atoms with van der Waals surface area (Å²) < 4.78 is 0. The third-order valence-electron chi connectivity index (χ3n) is 5.23. The van der Waals surface area contributed by atoms with Crippen molar-refractivity contribution in [3.8, 4) is 0 Å². The van der Waals surface area contributed by atoms with E-state index in [0.29, 0.717) is 37.5 Å². The Labute approximate surface area is 171 Å². The van der Waals surface area contributed by atoms with Gasteiger partial charge in [-0.25, -0.2) is 0 Å². The highest BCUT2D eigenvalue weighted by molar-refractivity contribution is 6.30. The van der Waals surface area contributed by atoms with Crippen molar-refractivity contribution in [3.05, 3.63) is 70.7 Å². The molecule has 0 saturated carbocycles. The lowest BCUT2D eigenvalue weighted by atomic mass is 9.88. The van der Waals surface area contributed by atoms with E-state index >= 15 is 0 Å². The minimum atomic E-state index is -0.286. The van der Waals surface area contributed by atoms with Gasteiger partial charge < -0.3 is 10.6 Å². The van der Waals surface area contributed by atoms with Crippen LogP contribution in [0.15, 0.2) is 54.6 Å². The van der Waals surface area contributed by atoms with E-state index in [1.54, 1.807) is 0 Å². The summed E-state index contributed by atoms with van der Waals surface area (Å²) in [7, 11) is 0. The van der Waals surface area contributed by atoms with Gasteiger partial charge in [-0.1, -0.05) is 54.1 Å². The van der Waals surface area contributed by atoms with Crippen molar-refractivity contribution in [1.29, 1.82) is 0 Å². The molecule has 1 saturated heterocycles. The molecular weight excluding hydrogens is 374 g/mol. The number of halogens is 1. The van der Waals surface area contributed by atoms with Crippen molar-refractivity contribution >= 4 is 23.4 Å². The minimum Gasteiger partial charge on any atom is -0.370 e. The van der Waals surface area contributed by atoms with Crippen LogP contribution in [0.4, 0.5) is 0 Å². The summed E-state index contributed by atoms with van der Waals surface area (Å²) in [5, 5.41) is 0.675. The second-order valence-corrected chi connectivity index (χ2v) is 7.60. The summed E-state index contributed by atoms with van der Waals surface area (Å²) in [6.07, 6.45) is 0.768. The Balaban J connectivity index is 1.66. The molecule has 148 valence electrons. The third kappa shape index (κ3) is 5.57. The van der Waals surface area contributed by atoms with Crippen LogP contribution >= 0.6 is 11.6 Å². The number of hydrogen-bond acceptors (Lipinski definition) is 3. The molecule has 1 aliphatic rings. The molecule has 0 bridgehead atoms. The summed E-state index contributed by atoms with van der Waals surface area (Å²) in [4.78, 5) is 28.1. The summed E-state index contributed by atoms with van der Waals surface area (Å²) in [5.41, 5.74) is 7.38. The number of carbonyl (C=O) groups is 2. The molecule has 0 radical (unpaired) electrons. The molecule has 0 spiro atoms. The summed E-state index contributed by atoms with van der Waals surface area (Å²) in [6.45, 7) is 3.55. The molecular formula is C22H26ClN3O2. The van der Waals surface area contributed by atoms with Gasteiger partial charge in [-0.05, 0) is 23.3 Å². The van der Waals surface area contributed by atoms with Crippen molar-refractivity contribution in [2.45, 2.75) is 18.8 Å². The van der Waals surface area contributed by atoms with Crippen LogP contribution in [-0.4, -0.2) is 54.3 Å². The fourth-order valence-electron chi connectivity index (χ4n) is 3.63. The Hall–Kier alpha value is -2.37. The molecule has 3 rings (SSSR count). The molecule has 1 fully saturated rings. The maximum absolute atomic E-state index is 13.0. The first-order valence-corrected chi connectivity index (χ1v) is 9.99. The highest BCUT2D eigenvalue weighted by Crippen LogP contribution is 2.30. The summed E-state index contributed by atoms with van der Waals surface area (Å²) in [6, 6.07) is 17.8. The van der Waals surface area contributed by atoms with Gasteiger partial charge >= 0.3 is 0 Å². The van der Waals surface area contributed by atoms with Gasteiger partial charge in [0.05, 0.1) is 0 Å². The summed E-state index contributed by atoms with van der Waals surface area (Å²) in [5.74, 6) is -0.172. The number of carbonyl (C=O) groups excluding carboxylic acids is 2. The van der Waals surface area contributed by atoms with Crippen LogP contribution in [0.1, 0.15) is 29.9 Å². The van der Waals surface area contributed by atoms with Crippen molar-refractivity contribution in [1.82, 2.24) is 9.80 Å². The van der Waals surface area contributed by atoms with E-state index in [2.05, 4.69) is 17.0 Å². The quantitative estimate of drug-likeness (QED) is 0.778. The van der Waals surface area contributed by atoms with E-state index < -0.39 is 0 Å². The number of piperazine rings is 1. The van der Waals surface area contributed by atoms with Gasteiger partial charge in [0, 0.05) is 56.5 Å². The summed E-state index contributed by atoms with van der Waals surface area (Å²) >= 11 is 6.20. The molecule has 1 atom stereocenters. The van der Waals surface area contributed by atoms with Crippen LogP contribution in [0.3, 0.4) is 0 Å². The lowest BCUT2D eigenvalue weighted by Gasteiger charge is -2.35. The average molecular weight is 400 g/mol. The van der Waals surface area contributed by atoms with Gasteiger partial charge in [0.25, 0.3) is 0 Å². The van der Waals surface area contributed by atoms with E-state index in [0.717, 1.165) is 24.2 Å². The van der Waals surface area contributed by atoms with Gasteiger partial charge in [0.1, 0.15) is 0 Å². The zero-order valence-electron chi connectivity index (χ0n) is 15.9. The first-order valence-electron chi connectivity index (χ1n) is 9.62. The van der Waals surface area contributed by atoms with E-state index in [1.807, 2.05) is 47.4 Å². The molecule has 1 unspecified atom stereocenters. The van der Waals surface area contributed by atoms with Gasteiger partial charge in [-0.15, -0.1) is 0 Å². The number of hydrogen-bond donors (Lipinski definition) is 1. The van der Waals surface area contributed by atoms with Crippen molar-refractivity contribution < 1.29 is 9.59 Å². The second-order valence-electron chi connectivity index (χ2n) is 7.16. The standard InChI is InChI=1S/C22H26ClN3O2/c23-19-8-4-7-18(15-19)20(17-5-2-1-3-6-17)16-22(28)26-13-11-25(12-14-26)10-9-21(24)27/h1-8,15,20H,9-14,16H2,(H2,24,27). The monoisotopic (exact) mass is 399 g/mol. The molecule has 2 amide bonds. The number of primary amides is 1. The van der Waals surface area contributed by atoms with Crippen molar-refractivity contribution in [2.24, 2.45) is 5.73 Å². The van der Waals surface area contributed by atoms with Crippen molar-refractivity contribution in [2.75, 3.05) is 32.7 Å². The van der Waals surface area contributed by atoms with Gasteiger partial charge in [0.15, 0.2) is 0 Å². The van der Waals surface area contributed by atoms with E-state index in [1.165, 1.54) is 0 Å². The fraction of sp³-hybridized carbons (Fsp3) is 0.364. The first kappa shape index (κ1) is 20.4. The van der Waals surface area contributed by atoms with E-state index in [9.17, 15) is 9.59 Å². The number of nitrogens with zero attached hydrogens (tertiary/aromatic N) is 2. The third-order valence-corrected chi connectivity index (χ3v) is 5.47. The smallest absolute Gasteiger partial charge is 0.223 e. The molecule has 2 N–H and O–H groups in total. The Bertz CT molecular complexity index is 804. The number of rotatable bonds is 7. The van der Waals surface area contributed by atoms with Crippen LogP contribution in [0.2, 0.25) is 5.02 Å². The SMILES string of the molecule is NC(=O)CCN1CCN(C(=O)CC(c2ccccc2)c2cccc(Cl)c2)CC1. The van der Waals surface area contributed by atoms with E-state index in [4.69, 9.17) is 17.3 Å². The molecule has 5 nitrogen and oxygen atoms in total. The first-order chi connectivity index (χ1) is 13.5. The van der Waals surface area contributed by atoms with Crippen molar-refractivity contribution in [3.63, 3.8) is 0 Å². The van der Waals surface area contributed by atoms with Gasteiger partial charge in [-0.2, -0.15) is 0 Å². The van der Waals surface area contributed by atoms with Crippen LogP contribution in [0.5, 0.6) is 0 Å². The molecule has 2 aromatic rings. The fourth-order valence-corrected chi connectivity index (χ4v) is 3.83. The zero-order chi connectivity index (χ0) is 19.9. The maximum Gasteiger partial charge on any atom is 0.223 e. The Morgan fingerprint density at radius 2 is 1.64 bits per heavy atom. The zero-order valence-corrected chi connectivity index (χ0v) is 16.6. The number of amides is 2. The highest BCUT2D eigenvalue weighted by Gasteiger charge is 2.25. The Morgan fingerprint density at radius 3 is 2.29 bits per heavy atom. The lowest BCUT2D eigenvalue weighted by Crippen LogP contribution is -2.49. The number of nitrogens with two attached hydrogens (primary N) is 1. The highest BCUT2D eigenvalue weighted by atomic mass is 35.5. The lowest BCUT2D eigenvalue weighted by molar-refractivity contribution is -0.133. The molecule has 28 heavy (non-hydrogen) atoms. The molecule has 2 aromatic carbocycles. The normalized spacial score (nSPS) is 16.0. The van der Waals surface area contributed by atoms with E-state index in [-0.39, 0.29) is 17.7 Å². The largest absolute Gasteiger partial charge is 0.370 e. The molecule has 0 aliphatic carbocycles. The maximum atomic E-state index is 13.0. The number of benzene rings is 2. The molecule has 0 aromatic heterocycles. The minimum absolute atomic E-state index is 0.0275.